The maximum atomic E-state index is 12.7. The van der Waals surface area contributed by atoms with E-state index in [-0.39, 0.29) is 16.5 Å². The molecule has 1 heterocycles. The minimum Gasteiger partial charge on any atom is -0.319 e. The highest BCUT2D eigenvalue weighted by Crippen LogP contribution is 2.31. The predicted molar refractivity (Wildman–Crippen MR) is 83.1 cm³/mol. The fourth-order valence-corrected chi connectivity index (χ4v) is 2.66. The van der Waals surface area contributed by atoms with Crippen LogP contribution in [0.1, 0.15) is 12.7 Å². The third-order valence-corrected chi connectivity index (χ3v) is 4.23. The number of nitrogens with one attached hydrogen (secondary N) is 1. The van der Waals surface area contributed by atoms with Crippen molar-refractivity contribution < 1.29 is 22.9 Å². The molecule has 0 unspecified atom stereocenters. The maximum absolute atomic E-state index is 12.7. The van der Waals surface area contributed by atoms with E-state index in [1.54, 1.807) is 0 Å². The van der Waals surface area contributed by atoms with Crippen LogP contribution in [0.3, 0.4) is 0 Å². The second kappa shape index (κ2) is 7.09. The molecule has 12 heteroatoms. The Morgan fingerprint density at radius 1 is 1.36 bits per heavy atom. The van der Waals surface area contributed by atoms with Crippen LogP contribution in [0.15, 0.2) is 29.4 Å². The van der Waals surface area contributed by atoms with Crippen LogP contribution >= 0.6 is 11.8 Å². The number of nitro benzene ring substituents is 1. The SMILES string of the molecule is C[C@H](Sc1nnc(C(F)(F)F)n1C)C(=O)Nc1ccccc1[N+](=O)[O-]. The Morgan fingerprint density at radius 2 is 2.00 bits per heavy atom. The van der Waals surface area contributed by atoms with Gasteiger partial charge in [0.25, 0.3) is 5.69 Å². The number of amides is 1. The van der Waals surface area contributed by atoms with Gasteiger partial charge in [-0.3, -0.25) is 14.9 Å². The highest BCUT2D eigenvalue weighted by atomic mass is 32.2. The Kier molecular flexibility index (Phi) is 5.30. The number of carbonyl (C=O) groups excluding carboxylic acids is 1. The summed E-state index contributed by atoms with van der Waals surface area (Å²) >= 11 is 0.756. The van der Waals surface area contributed by atoms with Gasteiger partial charge in [-0.15, -0.1) is 10.2 Å². The number of aromatic nitrogens is 3. The minimum atomic E-state index is -4.66. The fourth-order valence-electron chi connectivity index (χ4n) is 1.85. The number of rotatable bonds is 5. The van der Waals surface area contributed by atoms with Gasteiger partial charge in [-0.2, -0.15) is 13.2 Å². The van der Waals surface area contributed by atoms with E-state index in [9.17, 15) is 28.1 Å². The summed E-state index contributed by atoms with van der Waals surface area (Å²) in [6, 6.07) is 5.55. The number of alkyl halides is 3. The molecule has 0 radical (unpaired) electrons. The number of carbonyl (C=O) groups is 1. The van der Waals surface area contributed by atoms with Gasteiger partial charge in [0.05, 0.1) is 10.2 Å². The molecule has 1 atom stereocenters. The van der Waals surface area contributed by atoms with Gasteiger partial charge < -0.3 is 9.88 Å². The number of nitro groups is 1. The van der Waals surface area contributed by atoms with Crippen molar-refractivity contribution in [1.82, 2.24) is 14.8 Å². The molecule has 1 aromatic carbocycles. The normalized spacial score (nSPS) is 12.7. The van der Waals surface area contributed by atoms with Gasteiger partial charge in [0.15, 0.2) is 5.16 Å². The molecule has 25 heavy (non-hydrogen) atoms. The van der Waals surface area contributed by atoms with Crippen LogP contribution in [0.4, 0.5) is 24.5 Å². The van der Waals surface area contributed by atoms with E-state index in [1.807, 2.05) is 0 Å². The van der Waals surface area contributed by atoms with E-state index in [0.717, 1.165) is 23.4 Å². The Balaban J connectivity index is 2.12. The van der Waals surface area contributed by atoms with E-state index in [4.69, 9.17) is 0 Å². The predicted octanol–water partition coefficient (Wildman–Crippen LogP) is 2.86. The summed E-state index contributed by atoms with van der Waals surface area (Å²) in [6.07, 6.45) is -4.66. The van der Waals surface area contributed by atoms with Crippen molar-refractivity contribution in [2.75, 3.05) is 5.32 Å². The number of benzene rings is 1. The Bertz CT molecular complexity index is 808. The molecule has 0 bridgehead atoms. The van der Waals surface area contributed by atoms with Crippen LogP contribution < -0.4 is 5.32 Å². The second-order valence-corrected chi connectivity index (χ2v) is 6.19. The number of thioether (sulfide) groups is 1. The summed E-state index contributed by atoms with van der Waals surface area (Å²) in [5, 5.41) is 18.8. The molecule has 0 aliphatic carbocycles. The van der Waals surface area contributed by atoms with Gasteiger partial charge in [-0.25, -0.2) is 0 Å². The molecule has 2 aromatic rings. The van der Waals surface area contributed by atoms with Crippen molar-refractivity contribution in [3.05, 3.63) is 40.2 Å². The molecule has 8 nitrogen and oxygen atoms in total. The van der Waals surface area contributed by atoms with Crippen LogP contribution in [0.2, 0.25) is 0 Å². The zero-order chi connectivity index (χ0) is 18.8. The van der Waals surface area contributed by atoms with Crippen molar-refractivity contribution in [2.45, 2.75) is 23.5 Å². The minimum absolute atomic E-state index is 0.00102. The zero-order valence-electron chi connectivity index (χ0n) is 12.9. The quantitative estimate of drug-likeness (QED) is 0.490. The van der Waals surface area contributed by atoms with Crippen molar-refractivity contribution in [3.8, 4) is 0 Å². The maximum Gasteiger partial charge on any atom is 0.451 e. The topological polar surface area (TPSA) is 103 Å². The molecule has 1 aromatic heterocycles. The van der Waals surface area contributed by atoms with Crippen LogP contribution in [-0.2, 0) is 18.0 Å². The smallest absolute Gasteiger partial charge is 0.319 e. The first-order chi connectivity index (χ1) is 11.6. The molecule has 0 aliphatic rings. The summed E-state index contributed by atoms with van der Waals surface area (Å²) in [7, 11) is 1.14. The fraction of sp³-hybridized carbons (Fsp3) is 0.308. The third-order valence-electron chi connectivity index (χ3n) is 3.10. The van der Waals surface area contributed by atoms with Gasteiger partial charge in [0.2, 0.25) is 11.7 Å². The lowest BCUT2D eigenvalue weighted by atomic mass is 10.2. The third kappa shape index (κ3) is 4.26. The molecule has 134 valence electrons. The van der Waals surface area contributed by atoms with Crippen molar-refractivity contribution in [2.24, 2.45) is 7.05 Å². The van der Waals surface area contributed by atoms with Crippen LogP contribution in [0.5, 0.6) is 0 Å². The van der Waals surface area contributed by atoms with E-state index >= 15 is 0 Å². The lowest BCUT2D eigenvalue weighted by Gasteiger charge is -2.12. The first kappa shape index (κ1) is 18.7. The molecule has 1 N–H and O–H groups in total. The Hall–Kier alpha value is -2.63. The molecular formula is C13H12F3N5O3S. The number of anilines is 1. The Labute approximate surface area is 143 Å². The number of hydrogen-bond donors (Lipinski definition) is 1. The van der Waals surface area contributed by atoms with E-state index in [0.29, 0.717) is 0 Å². The molecular weight excluding hydrogens is 363 g/mol. The molecule has 0 fully saturated rings. The molecule has 1 amide bonds. The van der Waals surface area contributed by atoms with E-state index in [1.165, 1.54) is 31.2 Å². The second-order valence-electron chi connectivity index (χ2n) is 4.89. The highest BCUT2D eigenvalue weighted by Gasteiger charge is 2.38. The summed E-state index contributed by atoms with van der Waals surface area (Å²) in [5.41, 5.74) is -0.287. The monoisotopic (exact) mass is 375 g/mol. The summed E-state index contributed by atoms with van der Waals surface area (Å²) in [5.74, 6) is -1.79. The average Bonchev–Trinajstić information content (AvgIpc) is 2.88. The van der Waals surface area contributed by atoms with Gasteiger partial charge in [0, 0.05) is 13.1 Å². The van der Waals surface area contributed by atoms with Gasteiger partial charge in [-0.05, 0) is 13.0 Å². The number of halogens is 3. The van der Waals surface area contributed by atoms with Crippen molar-refractivity contribution in [3.63, 3.8) is 0 Å². The molecule has 2 rings (SSSR count). The highest BCUT2D eigenvalue weighted by molar-refractivity contribution is 8.00. The van der Waals surface area contributed by atoms with Crippen LogP contribution in [-0.4, -0.2) is 30.8 Å². The van der Waals surface area contributed by atoms with Crippen molar-refractivity contribution >= 4 is 29.0 Å². The molecule has 0 saturated heterocycles. The first-order valence-corrected chi connectivity index (χ1v) is 7.66. The Morgan fingerprint density at radius 3 is 2.56 bits per heavy atom. The lowest BCUT2D eigenvalue weighted by Crippen LogP contribution is -2.23. The van der Waals surface area contributed by atoms with E-state index in [2.05, 4.69) is 15.5 Å². The largest absolute Gasteiger partial charge is 0.451 e. The molecule has 0 saturated carbocycles. The van der Waals surface area contributed by atoms with Crippen LogP contribution in [0, 0.1) is 10.1 Å². The standard InChI is InChI=1S/C13H12F3N5O3S/c1-7(25-12-19-18-11(20(12)2)13(14,15)16)10(22)17-8-5-3-4-6-9(8)21(23)24/h3-7H,1-2H3,(H,17,22)/t7-/m0/s1. The van der Waals surface area contributed by atoms with Gasteiger partial charge in [0.1, 0.15) is 5.69 Å². The summed E-state index contributed by atoms with van der Waals surface area (Å²) < 4.78 is 38.8. The van der Waals surface area contributed by atoms with E-state index < -0.39 is 28.1 Å². The zero-order valence-corrected chi connectivity index (χ0v) is 13.8. The lowest BCUT2D eigenvalue weighted by molar-refractivity contribution is -0.383. The average molecular weight is 375 g/mol. The number of nitrogens with zero attached hydrogens (tertiary/aromatic N) is 4. The van der Waals surface area contributed by atoms with Gasteiger partial charge in [-0.1, -0.05) is 23.9 Å². The number of hydrogen-bond acceptors (Lipinski definition) is 6. The van der Waals surface area contributed by atoms with Crippen LogP contribution in [0.25, 0.3) is 0 Å². The number of para-hydroxylation sites is 2. The molecule has 0 aliphatic heterocycles. The van der Waals surface area contributed by atoms with Gasteiger partial charge >= 0.3 is 6.18 Å². The summed E-state index contributed by atoms with van der Waals surface area (Å²) in [6.45, 7) is 1.44. The molecule has 0 spiro atoms. The van der Waals surface area contributed by atoms with Crippen molar-refractivity contribution in [1.29, 1.82) is 0 Å². The first-order valence-electron chi connectivity index (χ1n) is 6.78. The summed E-state index contributed by atoms with van der Waals surface area (Å²) in [4.78, 5) is 22.5.